The Morgan fingerprint density at radius 1 is 1.69 bits per heavy atom. The van der Waals surface area contributed by atoms with Crippen LogP contribution in [0.25, 0.3) is 0 Å². The minimum Gasteiger partial charge on any atom is -0.324 e. The normalized spacial score (nSPS) is 21.2. The van der Waals surface area contributed by atoms with Crippen LogP contribution in [0, 0.1) is 0 Å². The lowest BCUT2D eigenvalue weighted by atomic mass is 9.90. The average molecular weight is 195 g/mol. The molecule has 2 nitrogen and oxygen atoms in total. The molecule has 0 aromatic carbocycles. The summed E-state index contributed by atoms with van der Waals surface area (Å²) in [6.07, 6.45) is 3.20. The van der Waals surface area contributed by atoms with E-state index in [1.54, 1.807) is 18.3 Å². The Labute approximate surface area is 81.8 Å². The fraction of sp³-hybridized carbons (Fsp3) is 0.500. The lowest BCUT2D eigenvalue weighted by Crippen LogP contribution is -2.16. The average Bonchev–Trinajstić information content (AvgIpc) is 2.48. The summed E-state index contributed by atoms with van der Waals surface area (Å²) < 4.78 is 0. The quantitative estimate of drug-likeness (QED) is 0.699. The lowest BCUT2D eigenvalue weighted by molar-refractivity contribution is 0.102. The van der Waals surface area contributed by atoms with Gasteiger partial charge in [0.05, 0.1) is 4.88 Å². The Balaban J connectivity index is 2.47. The molecule has 0 radical (unpaired) electrons. The molecule has 2 rings (SSSR count). The van der Waals surface area contributed by atoms with Crippen LogP contribution >= 0.6 is 11.3 Å². The Bertz CT molecular complexity index is 343. The van der Waals surface area contributed by atoms with Gasteiger partial charge in [-0.25, -0.2) is 0 Å². The van der Waals surface area contributed by atoms with Gasteiger partial charge in [-0.2, -0.15) is 0 Å². The molecule has 3 heteroatoms. The molecular formula is C10H13NOS. The number of Topliss-reactive ketones (excluding diaryl/α,β-unsaturated/α-hetero) is 1. The van der Waals surface area contributed by atoms with Gasteiger partial charge in [0.1, 0.15) is 0 Å². The first kappa shape index (κ1) is 8.91. The van der Waals surface area contributed by atoms with E-state index in [-0.39, 0.29) is 11.8 Å². The van der Waals surface area contributed by atoms with Gasteiger partial charge < -0.3 is 5.73 Å². The summed E-state index contributed by atoms with van der Waals surface area (Å²) in [6.45, 7) is 1.63. The fourth-order valence-corrected chi connectivity index (χ4v) is 3.00. The molecule has 1 heterocycles. The summed E-state index contributed by atoms with van der Waals surface area (Å²) in [5.74, 6) is 0.181. The Morgan fingerprint density at radius 3 is 3.15 bits per heavy atom. The highest BCUT2D eigenvalue weighted by Crippen LogP contribution is 2.34. The molecule has 1 aliphatic carbocycles. The van der Waals surface area contributed by atoms with Crippen molar-refractivity contribution in [3.8, 4) is 0 Å². The van der Waals surface area contributed by atoms with Crippen LogP contribution in [0.5, 0.6) is 0 Å². The van der Waals surface area contributed by atoms with Crippen LogP contribution in [-0.2, 0) is 6.42 Å². The molecule has 1 atom stereocenters. The second-order valence-corrected chi connectivity index (χ2v) is 4.43. The molecular weight excluding hydrogens is 182 g/mol. The zero-order valence-corrected chi connectivity index (χ0v) is 8.49. The van der Waals surface area contributed by atoms with Crippen molar-refractivity contribution in [3.63, 3.8) is 0 Å². The molecule has 0 saturated carbocycles. The van der Waals surface area contributed by atoms with Crippen LogP contribution in [0.1, 0.15) is 46.6 Å². The number of nitrogens with two attached hydrogens (primary N) is 1. The van der Waals surface area contributed by atoms with Gasteiger partial charge in [-0.3, -0.25) is 4.79 Å². The van der Waals surface area contributed by atoms with E-state index in [1.165, 1.54) is 11.1 Å². The summed E-state index contributed by atoms with van der Waals surface area (Å²) in [6, 6.07) is 0.160. The van der Waals surface area contributed by atoms with Gasteiger partial charge >= 0.3 is 0 Å². The Kier molecular flexibility index (Phi) is 2.22. The SMILES string of the molecule is CC(=O)c1scc2c1CCCC2N. The standard InChI is InChI=1S/C10H13NOS/c1-6(12)10-7-3-2-4-9(11)8(7)5-13-10/h5,9H,2-4,11H2,1H3. The van der Waals surface area contributed by atoms with Gasteiger partial charge in [0.25, 0.3) is 0 Å². The summed E-state index contributed by atoms with van der Waals surface area (Å²) in [5.41, 5.74) is 8.38. The van der Waals surface area contributed by atoms with E-state index in [2.05, 4.69) is 5.38 Å². The molecule has 0 bridgehead atoms. The minimum atomic E-state index is 0.160. The highest BCUT2D eigenvalue weighted by Gasteiger charge is 2.22. The third kappa shape index (κ3) is 1.42. The molecule has 0 aliphatic heterocycles. The number of thiophene rings is 1. The molecule has 0 saturated heterocycles. The molecule has 1 aliphatic rings. The van der Waals surface area contributed by atoms with Gasteiger partial charge in [0, 0.05) is 6.04 Å². The lowest BCUT2D eigenvalue weighted by Gasteiger charge is -2.18. The van der Waals surface area contributed by atoms with Gasteiger partial charge in [-0.05, 0) is 42.7 Å². The summed E-state index contributed by atoms with van der Waals surface area (Å²) in [4.78, 5) is 12.2. The number of carbonyl (C=O) groups excluding carboxylic acids is 1. The molecule has 1 unspecified atom stereocenters. The van der Waals surface area contributed by atoms with Crippen molar-refractivity contribution >= 4 is 17.1 Å². The van der Waals surface area contributed by atoms with Crippen molar-refractivity contribution in [2.75, 3.05) is 0 Å². The van der Waals surface area contributed by atoms with E-state index >= 15 is 0 Å². The fourth-order valence-electron chi connectivity index (χ4n) is 1.91. The minimum absolute atomic E-state index is 0.160. The van der Waals surface area contributed by atoms with E-state index in [9.17, 15) is 4.79 Å². The topological polar surface area (TPSA) is 43.1 Å². The summed E-state index contributed by atoms with van der Waals surface area (Å²) >= 11 is 1.55. The third-order valence-electron chi connectivity index (χ3n) is 2.59. The van der Waals surface area contributed by atoms with Crippen molar-refractivity contribution < 1.29 is 4.79 Å². The number of hydrogen-bond donors (Lipinski definition) is 1. The van der Waals surface area contributed by atoms with Crippen LogP contribution in [0.4, 0.5) is 0 Å². The van der Waals surface area contributed by atoms with Crippen LogP contribution in [-0.4, -0.2) is 5.78 Å². The van der Waals surface area contributed by atoms with Crippen LogP contribution < -0.4 is 5.73 Å². The van der Waals surface area contributed by atoms with Crippen molar-refractivity contribution in [3.05, 3.63) is 21.4 Å². The number of fused-ring (bicyclic) bond motifs is 1. The molecule has 0 spiro atoms. The number of ketones is 1. The van der Waals surface area contributed by atoms with Crippen molar-refractivity contribution in [2.24, 2.45) is 5.73 Å². The monoisotopic (exact) mass is 195 g/mol. The zero-order valence-electron chi connectivity index (χ0n) is 7.67. The van der Waals surface area contributed by atoms with Crippen molar-refractivity contribution in [1.29, 1.82) is 0 Å². The van der Waals surface area contributed by atoms with Gasteiger partial charge in [0.15, 0.2) is 5.78 Å². The highest BCUT2D eigenvalue weighted by molar-refractivity contribution is 7.12. The number of rotatable bonds is 1. The zero-order chi connectivity index (χ0) is 9.42. The third-order valence-corrected chi connectivity index (χ3v) is 3.73. The first-order chi connectivity index (χ1) is 6.20. The highest BCUT2D eigenvalue weighted by atomic mass is 32.1. The van der Waals surface area contributed by atoms with E-state index < -0.39 is 0 Å². The molecule has 13 heavy (non-hydrogen) atoms. The molecule has 2 N–H and O–H groups in total. The molecule has 70 valence electrons. The Hall–Kier alpha value is -0.670. The molecule has 1 aromatic rings. The molecule has 0 amide bonds. The number of hydrogen-bond acceptors (Lipinski definition) is 3. The van der Waals surface area contributed by atoms with E-state index in [0.717, 1.165) is 24.1 Å². The number of carbonyl (C=O) groups is 1. The summed E-state index contributed by atoms with van der Waals surface area (Å²) in [7, 11) is 0. The predicted molar refractivity (Wildman–Crippen MR) is 54.2 cm³/mol. The smallest absolute Gasteiger partial charge is 0.170 e. The van der Waals surface area contributed by atoms with Crippen LogP contribution in [0.2, 0.25) is 0 Å². The first-order valence-corrected chi connectivity index (χ1v) is 5.45. The van der Waals surface area contributed by atoms with Gasteiger partial charge in [-0.1, -0.05) is 0 Å². The maximum Gasteiger partial charge on any atom is 0.170 e. The molecule has 0 fully saturated rings. The predicted octanol–water partition coefficient (Wildman–Crippen LogP) is 2.29. The van der Waals surface area contributed by atoms with Gasteiger partial charge in [0.2, 0.25) is 0 Å². The van der Waals surface area contributed by atoms with Crippen molar-refractivity contribution in [1.82, 2.24) is 0 Å². The Morgan fingerprint density at radius 2 is 2.46 bits per heavy atom. The summed E-state index contributed by atoms with van der Waals surface area (Å²) in [5, 5.41) is 2.05. The largest absolute Gasteiger partial charge is 0.324 e. The van der Waals surface area contributed by atoms with E-state index in [0.29, 0.717) is 0 Å². The molecule has 1 aromatic heterocycles. The van der Waals surface area contributed by atoms with E-state index in [1.807, 2.05) is 0 Å². The second kappa shape index (κ2) is 3.24. The second-order valence-electron chi connectivity index (χ2n) is 3.55. The maximum atomic E-state index is 11.3. The van der Waals surface area contributed by atoms with Gasteiger partial charge in [-0.15, -0.1) is 11.3 Å². The van der Waals surface area contributed by atoms with E-state index in [4.69, 9.17) is 5.73 Å². The maximum absolute atomic E-state index is 11.3. The van der Waals surface area contributed by atoms with Crippen LogP contribution in [0.3, 0.4) is 0 Å². The van der Waals surface area contributed by atoms with Crippen molar-refractivity contribution in [2.45, 2.75) is 32.2 Å². The van der Waals surface area contributed by atoms with Crippen LogP contribution in [0.15, 0.2) is 5.38 Å². The first-order valence-electron chi connectivity index (χ1n) is 4.57.